The van der Waals surface area contributed by atoms with Gasteiger partial charge >= 0.3 is 0 Å². The molecular weight excluding hydrogens is 308 g/mol. The Hall–Kier alpha value is -1.88. The maximum Gasteiger partial charge on any atom is 0.220 e. The fourth-order valence-electron chi connectivity index (χ4n) is 2.18. The van der Waals surface area contributed by atoms with E-state index < -0.39 is 0 Å². The van der Waals surface area contributed by atoms with Gasteiger partial charge in [-0.25, -0.2) is 4.98 Å². The molecule has 0 spiro atoms. The van der Waals surface area contributed by atoms with E-state index >= 15 is 0 Å². The van der Waals surface area contributed by atoms with Crippen molar-refractivity contribution in [3.05, 3.63) is 45.9 Å². The number of amides is 1. The van der Waals surface area contributed by atoms with Crippen LogP contribution in [0.5, 0.6) is 5.75 Å². The van der Waals surface area contributed by atoms with Gasteiger partial charge in [-0.2, -0.15) is 0 Å². The minimum atomic E-state index is -0.104. The summed E-state index contributed by atoms with van der Waals surface area (Å²) in [7, 11) is 0. The molecule has 1 aromatic carbocycles. The van der Waals surface area contributed by atoms with Crippen LogP contribution >= 0.6 is 11.3 Å². The Labute approximate surface area is 141 Å². The van der Waals surface area contributed by atoms with Crippen LogP contribution in [0.15, 0.2) is 29.6 Å². The molecule has 2 rings (SSSR count). The molecule has 0 aliphatic heterocycles. The monoisotopic (exact) mass is 332 g/mol. The highest BCUT2D eigenvalue weighted by Crippen LogP contribution is 2.26. The van der Waals surface area contributed by atoms with Gasteiger partial charge in [0.05, 0.1) is 11.7 Å². The lowest BCUT2D eigenvalue weighted by molar-refractivity contribution is -0.121. The summed E-state index contributed by atoms with van der Waals surface area (Å²) in [4.78, 5) is 16.7. The third kappa shape index (κ3) is 4.79. The van der Waals surface area contributed by atoms with Crippen molar-refractivity contribution >= 4 is 17.2 Å². The summed E-state index contributed by atoms with van der Waals surface area (Å²) < 4.78 is 0. The van der Waals surface area contributed by atoms with E-state index in [1.807, 2.05) is 19.1 Å². The van der Waals surface area contributed by atoms with E-state index in [2.05, 4.69) is 36.5 Å². The highest BCUT2D eigenvalue weighted by molar-refractivity contribution is 7.09. The number of thiazole rings is 1. The third-order valence-electron chi connectivity index (χ3n) is 3.65. The zero-order valence-corrected chi connectivity index (χ0v) is 14.9. The lowest BCUT2D eigenvalue weighted by atomic mass is 9.93. The first-order valence-corrected chi connectivity index (χ1v) is 8.67. The maximum atomic E-state index is 12.1. The van der Waals surface area contributed by atoms with Crippen LogP contribution in [0.2, 0.25) is 0 Å². The summed E-state index contributed by atoms with van der Waals surface area (Å²) in [5.74, 6) is 0.205. The van der Waals surface area contributed by atoms with Crippen molar-refractivity contribution in [3.63, 3.8) is 0 Å². The quantitative estimate of drug-likeness (QED) is 0.871. The number of nitrogens with zero attached hydrogens (tertiary/aromatic N) is 1. The van der Waals surface area contributed by atoms with Gasteiger partial charge in [0, 0.05) is 17.2 Å². The molecule has 1 amide bonds. The number of aryl methyl sites for hydroxylation is 1. The van der Waals surface area contributed by atoms with Crippen molar-refractivity contribution in [1.82, 2.24) is 10.3 Å². The zero-order valence-electron chi connectivity index (χ0n) is 14.1. The average molecular weight is 332 g/mol. The zero-order chi connectivity index (χ0) is 17.0. The SMILES string of the molecule is C[C@H](NC(=O)CCc1ccccc1O)c1nc(C(C)(C)C)cs1. The third-order valence-corrected chi connectivity index (χ3v) is 4.68. The number of carbonyl (C=O) groups excluding carboxylic acids is 1. The molecule has 0 fully saturated rings. The summed E-state index contributed by atoms with van der Waals surface area (Å²) >= 11 is 1.58. The van der Waals surface area contributed by atoms with Gasteiger partial charge in [0.15, 0.2) is 0 Å². The van der Waals surface area contributed by atoms with Gasteiger partial charge in [-0.15, -0.1) is 11.3 Å². The second-order valence-corrected chi connectivity index (χ2v) is 7.63. The fraction of sp³-hybridized carbons (Fsp3) is 0.444. The van der Waals surface area contributed by atoms with E-state index in [0.29, 0.717) is 12.8 Å². The van der Waals surface area contributed by atoms with Crippen LogP contribution < -0.4 is 5.32 Å². The van der Waals surface area contributed by atoms with Crippen LogP contribution in [-0.4, -0.2) is 16.0 Å². The number of hydrogen-bond acceptors (Lipinski definition) is 4. The molecule has 0 unspecified atom stereocenters. The molecule has 1 aromatic heterocycles. The molecule has 2 N–H and O–H groups in total. The number of nitrogens with one attached hydrogen (secondary N) is 1. The first kappa shape index (κ1) is 17.5. The van der Waals surface area contributed by atoms with Gasteiger partial charge < -0.3 is 10.4 Å². The van der Waals surface area contributed by atoms with Gasteiger partial charge in [-0.1, -0.05) is 39.0 Å². The predicted molar refractivity (Wildman–Crippen MR) is 93.8 cm³/mol. The van der Waals surface area contributed by atoms with Gasteiger partial charge in [0.1, 0.15) is 10.8 Å². The normalized spacial score (nSPS) is 12.9. The van der Waals surface area contributed by atoms with Crippen LogP contribution in [0.25, 0.3) is 0 Å². The number of phenolic OH excluding ortho intramolecular Hbond substituents is 1. The Morgan fingerprint density at radius 3 is 2.65 bits per heavy atom. The number of aromatic nitrogens is 1. The number of hydrogen-bond donors (Lipinski definition) is 2. The van der Waals surface area contributed by atoms with E-state index in [1.165, 1.54) is 0 Å². The van der Waals surface area contributed by atoms with Gasteiger partial charge in [-0.05, 0) is 25.0 Å². The largest absolute Gasteiger partial charge is 0.508 e. The molecule has 23 heavy (non-hydrogen) atoms. The fourth-order valence-corrected chi connectivity index (χ4v) is 3.23. The van der Waals surface area contributed by atoms with Crippen molar-refractivity contribution in [1.29, 1.82) is 0 Å². The number of para-hydroxylation sites is 1. The molecular formula is C18H24N2O2S. The van der Waals surface area contributed by atoms with Crippen LogP contribution in [-0.2, 0) is 16.6 Å². The van der Waals surface area contributed by atoms with Crippen LogP contribution in [0, 0.1) is 0 Å². The van der Waals surface area contributed by atoms with E-state index in [-0.39, 0.29) is 23.1 Å². The molecule has 0 radical (unpaired) electrons. The second kappa shape index (κ2) is 7.13. The van der Waals surface area contributed by atoms with E-state index in [4.69, 9.17) is 0 Å². The molecule has 1 atom stereocenters. The van der Waals surface area contributed by atoms with Crippen molar-refractivity contribution in [2.24, 2.45) is 0 Å². The van der Waals surface area contributed by atoms with Crippen LogP contribution in [0.1, 0.15) is 56.4 Å². The molecule has 0 bridgehead atoms. The van der Waals surface area contributed by atoms with Gasteiger partial charge in [0.25, 0.3) is 0 Å². The highest BCUT2D eigenvalue weighted by atomic mass is 32.1. The van der Waals surface area contributed by atoms with Crippen molar-refractivity contribution in [2.75, 3.05) is 0 Å². The van der Waals surface area contributed by atoms with E-state index in [1.54, 1.807) is 23.5 Å². The first-order chi connectivity index (χ1) is 10.8. The molecule has 124 valence electrons. The highest BCUT2D eigenvalue weighted by Gasteiger charge is 2.20. The average Bonchev–Trinajstić information content (AvgIpc) is 2.96. The molecule has 0 aliphatic carbocycles. The Kier molecular flexibility index (Phi) is 5.42. The van der Waals surface area contributed by atoms with Gasteiger partial charge in [-0.3, -0.25) is 4.79 Å². The molecule has 0 saturated carbocycles. The van der Waals surface area contributed by atoms with Crippen LogP contribution in [0.3, 0.4) is 0 Å². The number of carbonyl (C=O) groups is 1. The Morgan fingerprint density at radius 2 is 2.04 bits per heavy atom. The number of phenols is 1. The van der Waals surface area contributed by atoms with Crippen molar-refractivity contribution in [2.45, 2.75) is 52.0 Å². The predicted octanol–water partition coefficient (Wildman–Crippen LogP) is 3.96. The number of rotatable bonds is 5. The minimum absolute atomic E-state index is 0.0172. The van der Waals surface area contributed by atoms with Crippen LogP contribution in [0.4, 0.5) is 0 Å². The lowest BCUT2D eigenvalue weighted by Crippen LogP contribution is -2.27. The minimum Gasteiger partial charge on any atom is -0.508 e. The molecule has 0 saturated heterocycles. The second-order valence-electron chi connectivity index (χ2n) is 6.74. The Morgan fingerprint density at radius 1 is 1.35 bits per heavy atom. The standard InChI is InChI=1S/C18H24N2O2S/c1-12(17-20-15(11-23-17)18(2,3)4)19-16(22)10-9-13-7-5-6-8-14(13)21/h5-8,11-12,21H,9-10H2,1-4H3,(H,19,22)/t12-/m0/s1. The lowest BCUT2D eigenvalue weighted by Gasteiger charge is -2.15. The molecule has 4 nitrogen and oxygen atoms in total. The number of aromatic hydroxyl groups is 1. The van der Waals surface area contributed by atoms with Crippen molar-refractivity contribution in [3.8, 4) is 5.75 Å². The Bertz CT molecular complexity index is 674. The molecule has 2 aromatic rings. The smallest absolute Gasteiger partial charge is 0.220 e. The van der Waals surface area contributed by atoms with E-state index in [9.17, 15) is 9.90 Å². The van der Waals surface area contributed by atoms with Gasteiger partial charge in [0.2, 0.25) is 5.91 Å². The summed E-state index contributed by atoms with van der Waals surface area (Å²) in [5, 5.41) is 15.7. The van der Waals surface area contributed by atoms with E-state index in [0.717, 1.165) is 16.3 Å². The first-order valence-electron chi connectivity index (χ1n) is 7.79. The molecule has 0 aliphatic rings. The summed E-state index contributed by atoms with van der Waals surface area (Å²) in [5.41, 5.74) is 1.86. The Balaban J connectivity index is 1.90. The number of benzene rings is 1. The summed E-state index contributed by atoms with van der Waals surface area (Å²) in [6.45, 7) is 8.33. The maximum absolute atomic E-state index is 12.1. The molecule has 5 heteroatoms. The topological polar surface area (TPSA) is 62.2 Å². The summed E-state index contributed by atoms with van der Waals surface area (Å²) in [6, 6.07) is 7.00. The van der Waals surface area contributed by atoms with Crippen molar-refractivity contribution < 1.29 is 9.90 Å². The summed E-state index contributed by atoms with van der Waals surface area (Å²) in [6.07, 6.45) is 0.871. The molecule has 1 heterocycles.